The zero-order valence-electron chi connectivity index (χ0n) is 18.9. The molecule has 0 radical (unpaired) electrons. The van der Waals surface area contributed by atoms with Gasteiger partial charge in [-0.05, 0) is 55.9 Å². The summed E-state index contributed by atoms with van der Waals surface area (Å²) in [4.78, 5) is 39.6. The van der Waals surface area contributed by atoms with Crippen molar-refractivity contribution in [3.8, 4) is 0 Å². The van der Waals surface area contributed by atoms with Crippen LogP contribution in [-0.2, 0) is 20.8 Å². The zero-order valence-corrected chi connectivity index (χ0v) is 18.9. The first-order chi connectivity index (χ1) is 14.8. The van der Waals surface area contributed by atoms with E-state index in [9.17, 15) is 14.4 Å². The van der Waals surface area contributed by atoms with Crippen LogP contribution in [0.15, 0.2) is 30.3 Å². The zero-order chi connectivity index (χ0) is 22.4. The number of carbonyl (C=O) groups excluding carboxylic acids is 3. The quantitative estimate of drug-likeness (QED) is 0.701. The molecule has 3 N–H and O–H groups in total. The minimum atomic E-state index is -0.581. The van der Waals surface area contributed by atoms with E-state index in [1.54, 1.807) is 4.90 Å². The predicted molar refractivity (Wildman–Crippen MR) is 121 cm³/mol. The first-order valence-corrected chi connectivity index (χ1v) is 11.8. The van der Waals surface area contributed by atoms with E-state index in [1.165, 1.54) is 0 Å². The third-order valence-electron chi connectivity index (χ3n) is 7.19. The van der Waals surface area contributed by atoms with Crippen LogP contribution in [0.25, 0.3) is 0 Å². The van der Waals surface area contributed by atoms with Crippen molar-refractivity contribution >= 4 is 17.7 Å². The molecule has 1 aliphatic carbocycles. The lowest BCUT2D eigenvalue weighted by Crippen LogP contribution is -2.53. The molecule has 1 heterocycles. The van der Waals surface area contributed by atoms with Gasteiger partial charge in [-0.2, -0.15) is 0 Å². The lowest BCUT2D eigenvalue weighted by atomic mass is 9.76. The third kappa shape index (κ3) is 6.31. The van der Waals surface area contributed by atoms with E-state index >= 15 is 0 Å². The lowest BCUT2D eigenvalue weighted by Gasteiger charge is -2.35. The number of piperidine rings is 1. The Balaban J connectivity index is 1.64. The first-order valence-electron chi connectivity index (χ1n) is 11.8. The van der Waals surface area contributed by atoms with Gasteiger partial charge in [0.1, 0.15) is 6.04 Å². The van der Waals surface area contributed by atoms with Gasteiger partial charge in [-0.25, -0.2) is 0 Å². The molecule has 1 atom stereocenters. The van der Waals surface area contributed by atoms with Crippen LogP contribution in [0, 0.1) is 23.7 Å². The summed E-state index contributed by atoms with van der Waals surface area (Å²) in [5.41, 5.74) is 6.45. The van der Waals surface area contributed by atoms with Crippen LogP contribution in [0.2, 0.25) is 0 Å². The van der Waals surface area contributed by atoms with Gasteiger partial charge in [0.25, 0.3) is 0 Å². The normalized spacial score (nSPS) is 23.4. The van der Waals surface area contributed by atoms with E-state index in [0.717, 1.165) is 31.2 Å². The van der Waals surface area contributed by atoms with Gasteiger partial charge < -0.3 is 16.0 Å². The molecule has 0 aromatic heterocycles. The van der Waals surface area contributed by atoms with Crippen molar-refractivity contribution in [2.24, 2.45) is 29.4 Å². The highest BCUT2D eigenvalue weighted by atomic mass is 16.2. The van der Waals surface area contributed by atoms with Gasteiger partial charge in [0.15, 0.2) is 0 Å². The maximum Gasteiger partial charge on any atom is 0.245 e. The smallest absolute Gasteiger partial charge is 0.245 e. The van der Waals surface area contributed by atoms with Crippen molar-refractivity contribution in [2.45, 2.75) is 64.8 Å². The summed E-state index contributed by atoms with van der Waals surface area (Å²) in [5, 5.41) is 3.09. The first kappa shape index (κ1) is 23.3. The predicted octanol–water partition coefficient (Wildman–Crippen LogP) is 2.90. The highest BCUT2D eigenvalue weighted by molar-refractivity contribution is 5.89. The maximum atomic E-state index is 13.3. The number of hydrogen-bond acceptors (Lipinski definition) is 3. The van der Waals surface area contributed by atoms with Gasteiger partial charge in [0, 0.05) is 31.3 Å². The van der Waals surface area contributed by atoms with Crippen LogP contribution in [0.1, 0.15) is 57.9 Å². The summed E-state index contributed by atoms with van der Waals surface area (Å²) in [6, 6.07) is 9.23. The molecular formula is C25H37N3O3. The fourth-order valence-corrected chi connectivity index (χ4v) is 4.99. The van der Waals surface area contributed by atoms with Crippen molar-refractivity contribution in [1.29, 1.82) is 0 Å². The number of amides is 3. The number of likely N-dealkylation sites (tertiary alicyclic amines) is 1. The largest absolute Gasteiger partial charge is 0.369 e. The van der Waals surface area contributed by atoms with E-state index in [-0.39, 0.29) is 29.6 Å². The Morgan fingerprint density at radius 2 is 1.58 bits per heavy atom. The van der Waals surface area contributed by atoms with Crippen LogP contribution in [0.3, 0.4) is 0 Å². The summed E-state index contributed by atoms with van der Waals surface area (Å²) in [5.74, 6) is 0.818. The van der Waals surface area contributed by atoms with E-state index in [4.69, 9.17) is 5.73 Å². The van der Waals surface area contributed by atoms with E-state index in [0.29, 0.717) is 44.2 Å². The topological polar surface area (TPSA) is 92.5 Å². The third-order valence-corrected chi connectivity index (χ3v) is 7.19. The van der Waals surface area contributed by atoms with Crippen molar-refractivity contribution in [2.75, 3.05) is 13.1 Å². The molecule has 2 aliphatic rings. The second-order valence-corrected chi connectivity index (χ2v) is 9.61. The van der Waals surface area contributed by atoms with Crippen LogP contribution >= 0.6 is 0 Å². The number of nitrogens with two attached hydrogens (primary N) is 1. The summed E-state index contributed by atoms with van der Waals surface area (Å²) < 4.78 is 0. The Labute approximate surface area is 185 Å². The molecule has 2 fully saturated rings. The van der Waals surface area contributed by atoms with Gasteiger partial charge in [0.2, 0.25) is 17.7 Å². The highest BCUT2D eigenvalue weighted by Gasteiger charge is 2.33. The number of rotatable bonds is 7. The average molecular weight is 428 g/mol. The minimum Gasteiger partial charge on any atom is -0.369 e. The molecule has 1 aliphatic heterocycles. The van der Waals surface area contributed by atoms with Crippen LogP contribution in [0.5, 0.6) is 0 Å². The molecule has 170 valence electrons. The van der Waals surface area contributed by atoms with Gasteiger partial charge in [-0.15, -0.1) is 0 Å². The number of nitrogens with zero attached hydrogens (tertiary/aromatic N) is 1. The monoisotopic (exact) mass is 427 g/mol. The van der Waals surface area contributed by atoms with Crippen LogP contribution in [0.4, 0.5) is 0 Å². The molecule has 1 saturated heterocycles. The Morgan fingerprint density at radius 1 is 0.968 bits per heavy atom. The number of hydrogen-bond donors (Lipinski definition) is 2. The number of nitrogens with one attached hydrogen (secondary N) is 1. The molecule has 1 aromatic rings. The van der Waals surface area contributed by atoms with Crippen LogP contribution < -0.4 is 11.1 Å². The van der Waals surface area contributed by atoms with Crippen molar-refractivity contribution in [3.05, 3.63) is 35.9 Å². The molecule has 0 bridgehead atoms. The van der Waals surface area contributed by atoms with Gasteiger partial charge in [-0.1, -0.05) is 44.2 Å². The molecule has 1 saturated carbocycles. The van der Waals surface area contributed by atoms with Crippen molar-refractivity contribution < 1.29 is 14.4 Å². The Hall–Kier alpha value is -2.37. The fraction of sp³-hybridized carbons (Fsp3) is 0.640. The van der Waals surface area contributed by atoms with Crippen LogP contribution in [-0.4, -0.2) is 41.8 Å². The van der Waals surface area contributed by atoms with E-state index < -0.39 is 6.04 Å². The van der Waals surface area contributed by atoms with Crippen molar-refractivity contribution in [3.63, 3.8) is 0 Å². The summed E-state index contributed by atoms with van der Waals surface area (Å²) in [6.45, 7) is 5.52. The standard InChI is InChI=1S/C25H37N3O3/c1-17(2)19-8-10-21(11-9-19)24(30)27-22(16-18-6-4-3-5-7-18)25(31)28-14-12-20(13-15-28)23(26)29/h3-7,17,19-22H,8-16H2,1-2H3,(H2,26,29)(H,27,30)/t19?,21?,22-/m0/s1. The molecule has 31 heavy (non-hydrogen) atoms. The SMILES string of the molecule is CC(C)C1CCC(C(=O)N[C@@H](Cc2ccccc2)C(=O)N2CCC(C(N)=O)CC2)CC1. The Kier molecular flexibility index (Phi) is 8.10. The van der Waals surface area contributed by atoms with Crippen molar-refractivity contribution in [1.82, 2.24) is 10.2 Å². The number of primary amides is 1. The molecule has 3 amide bonds. The summed E-state index contributed by atoms with van der Waals surface area (Å²) in [7, 11) is 0. The van der Waals surface area contributed by atoms with E-state index in [1.807, 2.05) is 30.3 Å². The molecular weight excluding hydrogens is 390 g/mol. The second-order valence-electron chi connectivity index (χ2n) is 9.61. The second kappa shape index (κ2) is 10.8. The molecule has 0 spiro atoms. The molecule has 6 heteroatoms. The molecule has 0 unspecified atom stereocenters. The van der Waals surface area contributed by atoms with Gasteiger partial charge >= 0.3 is 0 Å². The molecule has 1 aromatic carbocycles. The molecule has 6 nitrogen and oxygen atoms in total. The fourth-order valence-electron chi connectivity index (χ4n) is 4.99. The lowest BCUT2D eigenvalue weighted by molar-refractivity contribution is -0.139. The number of benzene rings is 1. The van der Waals surface area contributed by atoms with Gasteiger partial charge in [-0.3, -0.25) is 14.4 Å². The summed E-state index contributed by atoms with van der Waals surface area (Å²) >= 11 is 0. The number of carbonyl (C=O) groups is 3. The molecule has 3 rings (SSSR count). The average Bonchev–Trinajstić information content (AvgIpc) is 2.79. The van der Waals surface area contributed by atoms with E-state index in [2.05, 4.69) is 19.2 Å². The van der Waals surface area contributed by atoms with Gasteiger partial charge in [0.05, 0.1) is 0 Å². The maximum absolute atomic E-state index is 13.3. The Bertz CT molecular complexity index is 749. The highest BCUT2D eigenvalue weighted by Crippen LogP contribution is 2.33. The minimum absolute atomic E-state index is 0.00325. The Morgan fingerprint density at radius 3 is 2.13 bits per heavy atom. The summed E-state index contributed by atoms with van der Waals surface area (Å²) in [6.07, 6.45) is 5.60.